The van der Waals surface area contributed by atoms with Crippen molar-refractivity contribution in [3.8, 4) is 5.75 Å². The molecule has 1 aliphatic rings. The van der Waals surface area contributed by atoms with Crippen molar-refractivity contribution in [1.82, 2.24) is 9.88 Å². The van der Waals surface area contributed by atoms with Gasteiger partial charge in [-0.25, -0.2) is 4.98 Å². The van der Waals surface area contributed by atoms with E-state index in [-0.39, 0.29) is 5.82 Å². The van der Waals surface area contributed by atoms with Gasteiger partial charge in [-0.2, -0.15) is 13.2 Å². The number of methoxy groups -OCH3 is 1. The van der Waals surface area contributed by atoms with E-state index in [1.54, 1.807) is 14.0 Å². The molecule has 0 saturated carbocycles. The number of nitrogens with zero attached hydrogens (tertiary/aromatic N) is 3. The molecular weight excluding hydrogens is 291 g/mol. The smallest absolute Gasteiger partial charge is 0.420 e. The highest BCUT2D eigenvalue weighted by molar-refractivity contribution is 5.49. The first-order chi connectivity index (χ1) is 9.68. The van der Waals surface area contributed by atoms with Gasteiger partial charge in [0.25, 0.3) is 0 Å². The zero-order valence-electron chi connectivity index (χ0n) is 11.7. The van der Waals surface area contributed by atoms with Crippen LogP contribution >= 0.6 is 0 Å². The Bertz CT molecular complexity index is 512. The molecule has 2 rings (SSSR count). The van der Waals surface area contributed by atoms with Gasteiger partial charge in [0, 0.05) is 0 Å². The fourth-order valence-electron chi connectivity index (χ4n) is 2.20. The van der Waals surface area contributed by atoms with Crippen LogP contribution in [0.3, 0.4) is 0 Å². The van der Waals surface area contributed by atoms with Gasteiger partial charge in [0.2, 0.25) is 0 Å². The Labute approximate surface area is 119 Å². The number of anilines is 1. The summed E-state index contributed by atoms with van der Waals surface area (Å²) in [5.74, 6) is -0.602. The molecule has 2 heterocycles. The molecule has 9 heteroatoms. The maximum absolute atomic E-state index is 13.0. The fraction of sp³-hybridized carbons (Fsp3) is 0.583. The van der Waals surface area contributed by atoms with Crippen LogP contribution < -0.4 is 9.64 Å². The van der Waals surface area contributed by atoms with Gasteiger partial charge in [0.15, 0.2) is 6.35 Å². The average Bonchev–Trinajstić information content (AvgIpc) is 2.61. The summed E-state index contributed by atoms with van der Waals surface area (Å²) in [6.45, 7) is 1.64. The molecule has 1 saturated heterocycles. The molecule has 0 radical (unpaired) electrons. The van der Waals surface area contributed by atoms with Crippen molar-refractivity contribution >= 4 is 5.82 Å². The Morgan fingerprint density at radius 2 is 1.95 bits per heavy atom. The first-order valence-electron chi connectivity index (χ1n) is 6.16. The summed E-state index contributed by atoms with van der Waals surface area (Å²) in [5.41, 5.74) is -1.02. The van der Waals surface area contributed by atoms with E-state index in [2.05, 4.69) is 9.72 Å². The van der Waals surface area contributed by atoms with E-state index in [0.29, 0.717) is 0 Å². The van der Waals surface area contributed by atoms with Crippen LogP contribution in [0.1, 0.15) is 12.5 Å². The predicted octanol–water partition coefficient (Wildman–Crippen LogP) is 0.844. The summed E-state index contributed by atoms with van der Waals surface area (Å²) in [6, 6.07) is 0.287. The monoisotopic (exact) mass is 307 g/mol. The number of hydrogen-bond donors (Lipinski definition) is 2. The molecule has 6 nitrogen and oxygen atoms in total. The van der Waals surface area contributed by atoms with E-state index in [9.17, 15) is 23.4 Å². The van der Waals surface area contributed by atoms with Gasteiger partial charge in [-0.05, 0) is 20.0 Å². The number of aliphatic hydroxyl groups excluding tert-OH is 2. The van der Waals surface area contributed by atoms with Gasteiger partial charge >= 0.3 is 6.18 Å². The van der Waals surface area contributed by atoms with Crippen molar-refractivity contribution < 1.29 is 28.1 Å². The second kappa shape index (κ2) is 5.32. The van der Waals surface area contributed by atoms with Crippen molar-refractivity contribution in [1.29, 1.82) is 0 Å². The van der Waals surface area contributed by atoms with Crippen LogP contribution in [0.25, 0.3) is 0 Å². The number of alkyl halides is 3. The van der Waals surface area contributed by atoms with Crippen molar-refractivity contribution in [2.75, 3.05) is 19.1 Å². The lowest BCUT2D eigenvalue weighted by atomic mass is 10.2. The summed E-state index contributed by atoms with van der Waals surface area (Å²) in [7, 11) is 2.66. The number of likely N-dealkylation sites (N-methyl/N-ethyl adjacent to an activating group) is 1. The SMILES string of the molecule is COc1cnc(N2C(O)C(C)N(C)C2O)cc1C(F)(F)F. The summed E-state index contributed by atoms with van der Waals surface area (Å²) >= 11 is 0. The molecule has 1 aliphatic heterocycles. The van der Waals surface area contributed by atoms with Gasteiger partial charge in [-0.1, -0.05) is 0 Å². The summed E-state index contributed by atoms with van der Waals surface area (Å²) < 4.78 is 43.6. The molecule has 0 aliphatic carbocycles. The van der Waals surface area contributed by atoms with Crippen molar-refractivity contribution in [2.24, 2.45) is 0 Å². The van der Waals surface area contributed by atoms with Crippen LogP contribution in [-0.4, -0.2) is 52.9 Å². The third-order valence-corrected chi connectivity index (χ3v) is 3.61. The minimum atomic E-state index is -4.63. The van der Waals surface area contributed by atoms with E-state index < -0.39 is 36.1 Å². The molecule has 118 valence electrons. The predicted molar refractivity (Wildman–Crippen MR) is 67.5 cm³/mol. The van der Waals surface area contributed by atoms with Gasteiger partial charge in [-0.3, -0.25) is 9.80 Å². The number of aromatic nitrogens is 1. The largest absolute Gasteiger partial charge is 0.494 e. The number of hydrogen-bond acceptors (Lipinski definition) is 6. The quantitative estimate of drug-likeness (QED) is 0.844. The topological polar surface area (TPSA) is 69.1 Å². The first kappa shape index (κ1) is 15.8. The normalized spacial score (nSPS) is 27.2. The molecule has 1 fully saturated rings. The molecular formula is C12H16F3N3O3. The Morgan fingerprint density at radius 3 is 2.38 bits per heavy atom. The highest BCUT2D eigenvalue weighted by atomic mass is 19.4. The second-order valence-electron chi connectivity index (χ2n) is 4.81. The van der Waals surface area contributed by atoms with Crippen molar-refractivity contribution in [2.45, 2.75) is 31.7 Å². The van der Waals surface area contributed by atoms with Crippen LogP contribution in [0.2, 0.25) is 0 Å². The van der Waals surface area contributed by atoms with Crippen LogP contribution in [0, 0.1) is 0 Å². The Morgan fingerprint density at radius 1 is 1.33 bits per heavy atom. The Kier molecular flexibility index (Phi) is 4.00. The molecule has 0 spiro atoms. The first-order valence-corrected chi connectivity index (χ1v) is 6.16. The maximum Gasteiger partial charge on any atom is 0.420 e. The zero-order valence-corrected chi connectivity index (χ0v) is 11.7. The summed E-state index contributed by atoms with van der Waals surface area (Å²) in [6.07, 6.45) is -6.15. The van der Waals surface area contributed by atoms with Crippen molar-refractivity contribution in [3.63, 3.8) is 0 Å². The van der Waals surface area contributed by atoms with Gasteiger partial charge in [-0.15, -0.1) is 0 Å². The molecule has 1 aromatic rings. The molecule has 1 aromatic heterocycles. The number of halogens is 3. The van der Waals surface area contributed by atoms with Crippen LogP contribution in [0.15, 0.2) is 12.3 Å². The van der Waals surface area contributed by atoms with Crippen molar-refractivity contribution in [3.05, 3.63) is 17.8 Å². The number of rotatable bonds is 2. The molecule has 0 aromatic carbocycles. The van der Waals surface area contributed by atoms with Gasteiger partial charge in [0.1, 0.15) is 23.4 Å². The molecule has 3 atom stereocenters. The van der Waals surface area contributed by atoms with Gasteiger partial charge in [0.05, 0.1) is 19.3 Å². The number of aliphatic hydroxyl groups is 2. The molecule has 0 amide bonds. The van der Waals surface area contributed by atoms with Crippen LogP contribution in [-0.2, 0) is 6.18 Å². The number of ether oxygens (including phenoxy) is 1. The lowest BCUT2D eigenvalue weighted by Crippen LogP contribution is -2.40. The molecule has 0 bridgehead atoms. The average molecular weight is 307 g/mol. The third kappa shape index (κ3) is 2.63. The van der Waals surface area contributed by atoms with E-state index in [4.69, 9.17) is 0 Å². The highest BCUT2D eigenvalue weighted by Crippen LogP contribution is 2.38. The lowest BCUT2D eigenvalue weighted by Gasteiger charge is -2.26. The number of pyridine rings is 1. The fourth-order valence-corrected chi connectivity index (χ4v) is 2.20. The minimum Gasteiger partial charge on any atom is -0.494 e. The molecule has 2 N–H and O–H groups in total. The zero-order chi connectivity index (χ0) is 15.9. The molecule has 21 heavy (non-hydrogen) atoms. The van der Waals surface area contributed by atoms with E-state index >= 15 is 0 Å². The van der Waals surface area contributed by atoms with Crippen LogP contribution in [0.4, 0.5) is 19.0 Å². The third-order valence-electron chi connectivity index (χ3n) is 3.61. The maximum atomic E-state index is 13.0. The summed E-state index contributed by atoms with van der Waals surface area (Å²) in [4.78, 5) is 6.26. The lowest BCUT2D eigenvalue weighted by molar-refractivity contribution is -0.138. The van der Waals surface area contributed by atoms with E-state index in [1.807, 2.05) is 0 Å². The van der Waals surface area contributed by atoms with E-state index in [0.717, 1.165) is 24.3 Å². The highest BCUT2D eigenvalue weighted by Gasteiger charge is 2.43. The van der Waals surface area contributed by atoms with E-state index in [1.165, 1.54) is 4.90 Å². The Balaban J connectivity index is 2.46. The summed E-state index contributed by atoms with van der Waals surface area (Å²) in [5, 5.41) is 20.1. The van der Waals surface area contributed by atoms with Gasteiger partial charge < -0.3 is 14.9 Å². The standard InChI is InChI=1S/C12H16F3N3O3/c1-6-10(19)18(11(20)17(6)2)9-4-7(12(13,14)15)8(21-3)5-16-9/h4-6,10-11,19-20H,1-3H3. The second-order valence-corrected chi connectivity index (χ2v) is 4.81. The Hall–Kier alpha value is -1.58. The minimum absolute atomic E-state index is 0.181. The van der Waals surface area contributed by atoms with Crippen LogP contribution in [0.5, 0.6) is 5.75 Å². The molecule has 3 unspecified atom stereocenters.